The van der Waals surface area contributed by atoms with Crippen molar-refractivity contribution in [3.63, 3.8) is 0 Å². The van der Waals surface area contributed by atoms with E-state index in [-0.39, 0.29) is 17.5 Å². The molecule has 1 aliphatic rings. The summed E-state index contributed by atoms with van der Waals surface area (Å²) < 4.78 is 47.2. The molecule has 0 radical (unpaired) electrons. The maximum Gasteiger partial charge on any atom is 0.240 e. The summed E-state index contributed by atoms with van der Waals surface area (Å²) in [7, 11) is -3.80. The summed E-state index contributed by atoms with van der Waals surface area (Å²) in [6, 6.07) is 11.9. The van der Waals surface area contributed by atoms with Gasteiger partial charge in [0.1, 0.15) is 5.82 Å². The van der Waals surface area contributed by atoms with Crippen molar-refractivity contribution in [2.24, 2.45) is 0 Å². The van der Waals surface area contributed by atoms with E-state index < -0.39 is 15.8 Å². The van der Waals surface area contributed by atoms with Crippen LogP contribution in [0.4, 0.5) is 4.39 Å². The number of nitrogens with one attached hydrogen (secondary N) is 1. The number of aryl methyl sites for hydroxylation is 2. The average Bonchev–Trinajstić information content (AvgIpc) is 2.66. The number of hydrogen-bond donors (Lipinski definition) is 1. The zero-order chi connectivity index (χ0) is 19.4. The number of sulfonamides is 1. The van der Waals surface area contributed by atoms with Crippen LogP contribution >= 0.6 is 0 Å². The molecule has 1 heterocycles. The summed E-state index contributed by atoms with van der Waals surface area (Å²) in [6.07, 6.45) is 0. The number of ether oxygens (including phenoxy) is 1. The van der Waals surface area contributed by atoms with Crippen LogP contribution in [0.3, 0.4) is 0 Å². The Hall–Kier alpha value is -1.80. The van der Waals surface area contributed by atoms with E-state index in [0.717, 1.165) is 30.3 Å². The highest BCUT2D eigenvalue weighted by molar-refractivity contribution is 7.89. The van der Waals surface area contributed by atoms with Gasteiger partial charge in [0.2, 0.25) is 10.0 Å². The number of nitrogens with zero attached hydrogens (tertiary/aromatic N) is 1. The van der Waals surface area contributed by atoms with Gasteiger partial charge in [0, 0.05) is 25.7 Å². The zero-order valence-corrected chi connectivity index (χ0v) is 16.4. The van der Waals surface area contributed by atoms with Crippen molar-refractivity contribution in [2.75, 3.05) is 32.8 Å². The van der Waals surface area contributed by atoms with Gasteiger partial charge >= 0.3 is 0 Å². The van der Waals surface area contributed by atoms with Gasteiger partial charge in [0.15, 0.2) is 0 Å². The maximum absolute atomic E-state index is 13.8. The molecule has 0 bridgehead atoms. The van der Waals surface area contributed by atoms with Gasteiger partial charge in [0.25, 0.3) is 0 Å². The minimum absolute atomic E-state index is 0.0600. The molecule has 1 N–H and O–H groups in total. The molecule has 0 amide bonds. The van der Waals surface area contributed by atoms with Crippen molar-refractivity contribution in [2.45, 2.75) is 24.8 Å². The summed E-state index contributed by atoms with van der Waals surface area (Å²) in [5, 5.41) is 0. The molecule has 27 heavy (non-hydrogen) atoms. The van der Waals surface area contributed by atoms with Crippen LogP contribution in [0.2, 0.25) is 0 Å². The van der Waals surface area contributed by atoms with E-state index in [2.05, 4.69) is 9.62 Å². The number of halogens is 1. The molecular formula is C20H25FN2O3S. The molecule has 1 atom stereocenters. The van der Waals surface area contributed by atoms with Crippen LogP contribution in [-0.4, -0.2) is 46.2 Å². The molecule has 0 aliphatic carbocycles. The van der Waals surface area contributed by atoms with Gasteiger partial charge in [-0.1, -0.05) is 35.9 Å². The number of morpholine rings is 1. The van der Waals surface area contributed by atoms with E-state index in [1.807, 2.05) is 31.2 Å². The Bertz CT molecular complexity index is 879. The van der Waals surface area contributed by atoms with Gasteiger partial charge in [-0.2, -0.15) is 0 Å². The second kappa shape index (κ2) is 8.48. The Morgan fingerprint density at radius 1 is 1.11 bits per heavy atom. The Kier molecular flexibility index (Phi) is 6.26. The summed E-state index contributed by atoms with van der Waals surface area (Å²) in [5.41, 5.74) is 2.61. The van der Waals surface area contributed by atoms with E-state index in [9.17, 15) is 12.8 Å². The average molecular weight is 392 g/mol. The van der Waals surface area contributed by atoms with Crippen LogP contribution in [-0.2, 0) is 14.8 Å². The van der Waals surface area contributed by atoms with Crippen molar-refractivity contribution in [1.29, 1.82) is 0 Å². The van der Waals surface area contributed by atoms with Crippen LogP contribution in [0.5, 0.6) is 0 Å². The minimum atomic E-state index is -3.80. The lowest BCUT2D eigenvalue weighted by atomic mass is 10.0. The Morgan fingerprint density at radius 3 is 2.41 bits per heavy atom. The monoisotopic (exact) mass is 392 g/mol. The minimum Gasteiger partial charge on any atom is -0.379 e. The van der Waals surface area contributed by atoms with Crippen molar-refractivity contribution in [3.8, 4) is 0 Å². The highest BCUT2D eigenvalue weighted by atomic mass is 32.2. The molecule has 146 valence electrons. The van der Waals surface area contributed by atoms with Gasteiger partial charge in [-0.25, -0.2) is 17.5 Å². The van der Waals surface area contributed by atoms with Crippen molar-refractivity contribution >= 4 is 10.0 Å². The first-order valence-electron chi connectivity index (χ1n) is 9.01. The van der Waals surface area contributed by atoms with Crippen LogP contribution < -0.4 is 4.72 Å². The molecule has 2 aromatic rings. The fraction of sp³-hybridized carbons (Fsp3) is 0.400. The number of hydrogen-bond acceptors (Lipinski definition) is 4. The van der Waals surface area contributed by atoms with Crippen LogP contribution in [0, 0.1) is 19.7 Å². The van der Waals surface area contributed by atoms with Crippen molar-refractivity contribution in [3.05, 3.63) is 65.0 Å². The van der Waals surface area contributed by atoms with E-state index >= 15 is 0 Å². The fourth-order valence-electron chi connectivity index (χ4n) is 3.15. The Labute approximate surface area is 160 Å². The summed E-state index contributed by atoms with van der Waals surface area (Å²) in [5.74, 6) is -0.527. The SMILES string of the molecule is Cc1ccc(C(CNS(=O)(=O)c2ccc(C)c(F)c2)N2CCOCC2)cc1. The van der Waals surface area contributed by atoms with Crippen molar-refractivity contribution in [1.82, 2.24) is 9.62 Å². The van der Waals surface area contributed by atoms with Gasteiger partial charge in [-0.3, -0.25) is 4.90 Å². The molecule has 1 fully saturated rings. The van der Waals surface area contributed by atoms with Crippen molar-refractivity contribution < 1.29 is 17.5 Å². The van der Waals surface area contributed by atoms with Crippen LogP contribution in [0.15, 0.2) is 47.4 Å². The topological polar surface area (TPSA) is 58.6 Å². The predicted octanol–water partition coefficient (Wildman–Crippen LogP) is 2.79. The number of rotatable bonds is 6. The van der Waals surface area contributed by atoms with Crippen LogP contribution in [0.1, 0.15) is 22.7 Å². The molecule has 1 saturated heterocycles. The highest BCUT2D eigenvalue weighted by Crippen LogP contribution is 2.23. The Balaban J connectivity index is 1.80. The molecule has 0 aromatic heterocycles. The maximum atomic E-state index is 13.8. The third-order valence-electron chi connectivity index (χ3n) is 4.87. The highest BCUT2D eigenvalue weighted by Gasteiger charge is 2.25. The van der Waals surface area contributed by atoms with Gasteiger partial charge < -0.3 is 4.74 Å². The lowest BCUT2D eigenvalue weighted by Gasteiger charge is -2.35. The second-order valence-corrected chi connectivity index (χ2v) is 8.60. The quantitative estimate of drug-likeness (QED) is 0.821. The van der Waals surface area contributed by atoms with E-state index in [0.29, 0.717) is 18.8 Å². The molecule has 0 spiro atoms. The third-order valence-corrected chi connectivity index (χ3v) is 6.29. The zero-order valence-electron chi connectivity index (χ0n) is 15.6. The first kappa shape index (κ1) is 19.9. The van der Waals surface area contributed by atoms with E-state index in [1.165, 1.54) is 12.1 Å². The molecule has 0 saturated carbocycles. The first-order chi connectivity index (χ1) is 12.9. The molecule has 5 nitrogen and oxygen atoms in total. The molecule has 3 rings (SSSR count). The van der Waals surface area contributed by atoms with Crippen LogP contribution in [0.25, 0.3) is 0 Å². The molecule has 1 aliphatic heterocycles. The normalized spacial score (nSPS) is 17.0. The van der Waals surface area contributed by atoms with Gasteiger partial charge in [-0.05, 0) is 37.1 Å². The smallest absolute Gasteiger partial charge is 0.240 e. The lowest BCUT2D eigenvalue weighted by Crippen LogP contribution is -2.43. The predicted molar refractivity (Wildman–Crippen MR) is 103 cm³/mol. The summed E-state index contributed by atoms with van der Waals surface area (Å²) >= 11 is 0. The fourth-order valence-corrected chi connectivity index (χ4v) is 4.20. The second-order valence-electron chi connectivity index (χ2n) is 6.84. The molecule has 7 heteroatoms. The molecule has 2 aromatic carbocycles. The lowest BCUT2D eigenvalue weighted by molar-refractivity contribution is 0.0172. The van der Waals surface area contributed by atoms with Gasteiger partial charge in [-0.15, -0.1) is 0 Å². The largest absolute Gasteiger partial charge is 0.379 e. The van der Waals surface area contributed by atoms with E-state index in [4.69, 9.17) is 4.74 Å². The number of benzene rings is 2. The van der Waals surface area contributed by atoms with Gasteiger partial charge in [0.05, 0.1) is 18.1 Å². The molecular weight excluding hydrogens is 367 g/mol. The third kappa shape index (κ3) is 4.93. The first-order valence-corrected chi connectivity index (χ1v) is 10.5. The Morgan fingerprint density at radius 2 is 1.78 bits per heavy atom. The summed E-state index contributed by atoms with van der Waals surface area (Å²) in [4.78, 5) is 2.15. The molecule has 1 unspecified atom stereocenters. The standard InChI is InChI=1S/C20H25FN2O3S/c1-15-3-6-17(7-4-15)20(23-9-11-26-12-10-23)14-22-27(24,25)18-8-5-16(2)19(21)13-18/h3-8,13,20,22H,9-12,14H2,1-2H3. The summed E-state index contributed by atoms with van der Waals surface area (Å²) in [6.45, 7) is 6.55. The van der Waals surface area contributed by atoms with E-state index in [1.54, 1.807) is 6.92 Å².